The first kappa shape index (κ1) is 13.7. The maximum Gasteiger partial charge on any atom is 0.290 e. The van der Waals surface area contributed by atoms with Crippen LogP contribution >= 0.6 is 22.9 Å². The zero-order chi connectivity index (χ0) is 15.3. The molecule has 1 aliphatic heterocycles. The first-order chi connectivity index (χ1) is 10.6. The van der Waals surface area contributed by atoms with Crippen LogP contribution in [0.1, 0.15) is 34.2 Å². The minimum atomic E-state index is -0.113. The largest absolute Gasteiger partial charge is 0.334 e. The van der Waals surface area contributed by atoms with Gasteiger partial charge in [0.25, 0.3) is 5.91 Å². The molecule has 0 fully saturated rings. The van der Waals surface area contributed by atoms with Gasteiger partial charge in [0.1, 0.15) is 5.52 Å². The van der Waals surface area contributed by atoms with Gasteiger partial charge in [0.2, 0.25) is 0 Å². The van der Waals surface area contributed by atoms with Crippen molar-refractivity contribution >= 4 is 39.9 Å². The molecule has 1 amide bonds. The fourth-order valence-electron chi connectivity index (χ4n) is 2.88. The third-order valence-electron chi connectivity index (χ3n) is 4.04. The van der Waals surface area contributed by atoms with Crippen molar-refractivity contribution in [1.82, 2.24) is 19.9 Å². The number of thiazole rings is 1. The van der Waals surface area contributed by atoms with Crippen molar-refractivity contribution in [3.63, 3.8) is 0 Å². The van der Waals surface area contributed by atoms with Crippen molar-refractivity contribution in [3.8, 4) is 0 Å². The van der Waals surface area contributed by atoms with E-state index >= 15 is 0 Å². The molecule has 4 rings (SSSR count). The molecular weight excluding hydrogens is 320 g/mol. The van der Waals surface area contributed by atoms with Gasteiger partial charge in [-0.15, -0.1) is 11.3 Å². The second-order valence-corrected chi connectivity index (χ2v) is 6.65. The van der Waals surface area contributed by atoms with Gasteiger partial charge in [-0.2, -0.15) is 0 Å². The van der Waals surface area contributed by atoms with Gasteiger partial charge in [-0.25, -0.2) is 9.97 Å². The molecule has 1 aliphatic rings. The van der Waals surface area contributed by atoms with E-state index in [1.807, 2.05) is 29.5 Å². The van der Waals surface area contributed by atoms with Gasteiger partial charge in [0, 0.05) is 17.8 Å². The molecule has 0 saturated carbocycles. The van der Waals surface area contributed by atoms with Crippen LogP contribution in [-0.2, 0) is 6.42 Å². The lowest BCUT2D eigenvalue weighted by Crippen LogP contribution is -2.39. The Morgan fingerprint density at radius 3 is 3.18 bits per heavy atom. The van der Waals surface area contributed by atoms with Crippen molar-refractivity contribution in [2.45, 2.75) is 19.4 Å². The standard InChI is InChI=1S/C15H13ClN4OS/c1-8-12-11(22-7-17-12)5-6-20(8)15(21)14-18-10-4-2-3-9(16)13(10)19-14/h2-4,7-8H,5-6H2,1H3,(H,18,19). The SMILES string of the molecule is CC1c2ncsc2CCN1C(=O)c1nc2c(Cl)cccc2[nH]1. The number of halogens is 1. The average Bonchev–Trinajstić information content (AvgIpc) is 3.14. The van der Waals surface area contributed by atoms with E-state index in [1.54, 1.807) is 17.4 Å². The second-order valence-electron chi connectivity index (χ2n) is 5.31. The zero-order valence-corrected chi connectivity index (χ0v) is 13.4. The van der Waals surface area contributed by atoms with E-state index < -0.39 is 0 Å². The molecule has 0 radical (unpaired) electrons. The predicted octanol–water partition coefficient (Wildman–Crippen LogP) is 3.43. The molecule has 0 saturated heterocycles. The Morgan fingerprint density at radius 2 is 2.36 bits per heavy atom. The normalized spacial score (nSPS) is 17.7. The monoisotopic (exact) mass is 332 g/mol. The summed E-state index contributed by atoms with van der Waals surface area (Å²) in [4.78, 5) is 27.7. The number of H-pyrrole nitrogens is 1. The minimum Gasteiger partial charge on any atom is -0.334 e. The molecular formula is C15H13ClN4OS. The molecule has 0 aliphatic carbocycles. The second kappa shape index (κ2) is 5.07. The number of nitrogens with one attached hydrogen (secondary N) is 1. The first-order valence-electron chi connectivity index (χ1n) is 7.02. The van der Waals surface area contributed by atoms with Crippen LogP contribution in [0, 0.1) is 0 Å². The number of nitrogens with zero attached hydrogens (tertiary/aromatic N) is 3. The van der Waals surface area contributed by atoms with Crippen molar-refractivity contribution in [3.05, 3.63) is 45.1 Å². The summed E-state index contributed by atoms with van der Waals surface area (Å²) in [7, 11) is 0. The van der Waals surface area contributed by atoms with E-state index in [9.17, 15) is 4.79 Å². The van der Waals surface area contributed by atoms with Crippen LogP contribution in [-0.4, -0.2) is 32.3 Å². The summed E-state index contributed by atoms with van der Waals surface area (Å²) in [6.45, 7) is 2.69. The van der Waals surface area contributed by atoms with Gasteiger partial charge in [-0.1, -0.05) is 17.7 Å². The average molecular weight is 333 g/mol. The molecule has 1 atom stereocenters. The lowest BCUT2D eigenvalue weighted by atomic mass is 10.1. The molecule has 2 aromatic heterocycles. The Kier molecular flexibility index (Phi) is 3.16. The maximum absolute atomic E-state index is 12.8. The highest BCUT2D eigenvalue weighted by atomic mass is 35.5. The first-order valence-corrected chi connectivity index (χ1v) is 8.28. The van der Waals surface area contributed by atoms with E-state index in [0.29, 0.717) is 22.9 Å². The van der Waals surface area contributed by atoms with Crippen LogP contribution in [0.5, 0.6) is 0 Å². The highest BCUT2D eigenvalue weighted by Crippen LogP contribution is 2.31. The Balaban J connectivity index is 1.70. The fourth-order valence-corrected chi connectivity index (χ4v) is 3.95. The molecule has 1 aromatic carbocycles. The number of hydrogen-bond acceptors (Lipinski definition) is 4. The summed E-state index contributed by atoms with van der Waals surface area (Å²) in [6, 6.07) is 5.43. The van der Waals surface area contributed by atoms with Gasteiger partial charge in [-0.05, 0) is 19.1 Å². The van der Waals surface area contributed by atoms with Crippen LogP contribution in [0.4, 0.5) is 0 Å². The number of amides is 1. The number of benzene rings is 1. The summed E-state index contributed by atoms with van der Waals surface area (Å²) < 4.78 is 0. The van der Waals surface area contributed by atoms with Crippen molar-refractivity contribution in [1.29, 1.82) is 0 Å². The quantitative estimate of drug-likeness (QED) is 0.742. The number of fused-ring (bicyclic) bond motifs is 2. The van der Waals surface area contributed by atoms with Gasteiger partial charge >= 0.3 is 0 Å². The predicted molar refractivity (Wildman–Crippen MR) is 86.4 cm³/mol. The lowest BCUT2D eigenvalue weighted by Gasteiger charge is -2.31. The number of hydrogen-bond donors (Lipinski definition) is 1. The number of aromatic amines is 1. The maximum atomic E-state index is 12.8. The van der Waals surface area contributed by atoms with Crippen LogP contribution in [0.3, 0.4) is 0 Å². The summed E-state index contributed by atoms with van der Waals surface area (Å²) in [5.74, 6) is 0.215. The zero-order valence-electron chi connectivity index (χ0n) is 11.8. The molecule has 112 valence electrons. The molecule has 1 N–H and O–H groups in total. The number of carbonyl (C=O) groups excluding carboxylic acids is 1. The molecule has 1 unspecified atom stereocenters. The van der Waals surface area contributed by atoms with Crippen LogP contribution in [0.2, 0.25) is 5.02 Å². The number of carbonyl (C=O) groups is 1. The summed E-state index contributed by atoms with van der Waals surface area (Å²) in [6.07, 6.45) is 0.844. The minimum absolute atomic E-state index is 0.0359. The number of imidazole rings is 1. The molecule has 3 heterocycles. The fraction of sp³-hybridized carbons (Fsp3) is 0.267. The Hall–Kier alpha value is -1.92. The van der Waals surface area contributed by atoms with E-state index in [4.69, 9.17) is 11.6 Å². The molecule has 22 heavy (non-hydrogen) atoms. The van der Waals surface area contributed by atoms with Crippen molar-refractivity contribution in [2.24, 2.45) is 0 Å². The van der Waals surface area contributed by atoms with Gasteiger partial charge in [0.15, 0.2) is 5.82 Å². The molecule has 3 aromatic rings. The molecule has 7 heteroatoms. The summed E-state index contributed by atoms with van der Waals surface area (Å²) in [5, 5.41) is 0.543. The molecule has 5 nitrogen and oxygen atoms in total. The summed E-state index contributed by atoms with van der Waals surface area (Å²) in [5.41, 5.74) is 4.25. The van der Waals surface area contributed by atoms with Crippen LogP contribution in [0.15, 0.2) is 23.7 Å². The van der Waals surface area contributed by atoms with E-state index in [1.165, 1.54) is 4.88 Å². The smallest absolute Gasteiger partial charge is 0.290 e. The lowest BCUT2D eigenvalue weighted by molar-refractivity contribution is 0.0664. The van der Waals surface area contributed by atoms with E-state index in [2.05, 4.69) is 15.0 Å². The Bertz CT molecular complexity index is 871. The van der Waals surface area contributed by atoms with Gasteiger partial charge in [0.05, 0.1) is 27.8 Å². The molecule has 0 spiro atoms. The Labute approximate surface area is 136 Å². The topological polar surface area (TPSA) is 61.9 Å². The van der Waals surface area contributed by atoms with E-state index in [0.717, 1.165) is 17.6 Å². The van der Waals surface area contributed by atoms with Gasteiger partial charge in [-0.3, -0.25) is 4.79 Å². The van der Waals surface area contributed by atoms with Crippen LogP contribution in [0.25, 0.3) is 11.0 Å². The highest BCUT2D eigenvalue weighted by Gasteiger charge is 2.31. The van der Waals surface area contributed by atoms with Gasteiger partial charge < -0.3 is 9.88 Å². The van der Waals surface area contributed by atoms with E-state index in [-0.39, 0.29) is 11.9 Å². The van der Waals surface area contributed by atoms with Crippen molar-refractivity contribution in [2.75, 3.05) is 6.54 Å². The molecule has 0 bridgehead atoms. The summed E-state index contributed by atoms with van der Waals surface area (Å²) >= 11 is 7.78. The Morgan fingerprint density at radius 1 is 1.50 bits per heavy atom. The number of aromatic nitrogens is 3. The number of para-hydroxylation sites is 1. The third-order valence-corrected chi connectivity index (χ3v) is 5.26. The third kappa shape index (κ3) is 2.02. The van der Waals surface area contributed by atoms with Crippen molar-refractivity contribution < 1.29 is 4.79 Å². The van der Waals surface area contributed by atoms with Crippen LogP contribution < -0.4 is 0 Å². The number of rotatable bonds is 1. The highest BCUT2D eigenvalue weighted by molar-refractivity contribution is 7.09.